The van der Waals surface area contributed by atoms with Crippen LogP contribution in [0.1, 0.15) is 37.7 Å². The van der Waals surface area contributed by atoms with Gasteiger partial charge in [0.25, 0.3) is 0 Å². The van der Waals surface area contributed by atoms with E-state index in [1.807, 2.05) is 11.0 Å². The largest absolute Gasteiger partial charge is 0.381 e. The molecule has 3 aliphatic heterocycles. The van der Waals surface area contributed by atoms with Crippen LogP contribution in [0.2, 0.25) is 0 Å². The first-order valence-electron chi connectivity index (χ1n) is 9.07. The Labute approximate surface area is 154 Å². The molecule has 1 aromatic rings. The Morgan fingerprint density at radius 3 is 2.72 bits per heavy atom. The second-order valence-electron chi connectivity index (χ2n) is 7.38. The second kappa shape index (κ2) is 7.60. The Kier molecular flexibility index (Phi) is 5.66. The van der Waals surface area contributed by atoms with Gasteiger partial charge < -0.3 is 15.0 Å². The van der Waals surface area contributed by atoms with Gasteiger partial charge in [-0.2, -0.15) is 0 Å². The number of ether oxygens (including phenoxy) is 1. The van der Waals surface area contributed by atoms with Gasteiger partial charge in [-0.1, -0.05) is 12.1 Å². The molecular formula is C19H26ClFN2O2. The molecule has 1 amide bonds. The van der Waals surface area contributed by atoms with E-state index in [4.69, 9.17) is 4.74 Å². The third kappa shape index (κ3) is 3.55. The number of rotatable bonds is 2. The van der Waals surface area contributed by atoms with Crippen LogP contribution in [0, 0.1) is 5.82 Å². The smallest absolute Gasteiger partial charge is 0.233 e. The maximum absolute atomic E-state index is 13.8. The average Bonchev–Trinajstić information content (AvgIpc) is 2.94. The number of nitrogens with zero attached hydrogens (tertiary/aromatic N) is 1. The zero-order valence-corrected chi connectivity index (χ0v) is 15.2. The number of amides is 1. The molecule has 6 heteroatoms. The van der Waals surface area contributed by atoms with Crippen LogP contribution in [0.4, 0.5) is 4.39 Å². The van der Waals surface area contributed by atoms with Gasteiger partial charge in [0, 0.05) is 38.4 Å². The zero-order valence-electron chi connectivity index (χ0n) is 14.4. The molecule has 0 radical (unpaired) electrons. The van der Waals surface area contributed by atoms with Gasteiger partial charge in [-0.25, -0.2) is 4.39 Å². The summed E-state index contributed by atoms with van der Waals surface area (Å²) in [6, 6.07) is 7.54. The lowest BCUT2D eigenvalue weighted by Gasteiger charge is -2.40. The minimum atomic E-state index is -0.635. The van der Waals surface area contributed by atoms with Gasteiger partial charge in [-0.05, 0) is 49.8 Å². The van der Waals surface area contributed by atoms with E-state index in [1.165, 1.54) is 18.6 Å². The lowest BCUT2D eigenvalue weighted by Crippen LogP contribution is -2.52. The van der Waals surface area contributed by atoms with Crippen LogP contribution in [-0.2, 0) is 14.9 Å². The van der Waals surface area contributed by atoms with Crippen molar-refractivity contribution in [3.8, 4) is 0 Å². The summed E-state index contributed by atoms with van der Waals surface area (Å²) in [6.07, 6.45) is 4.64. The first kappa shape index (κ1) is 18.6. The Hall–Kier alpha value is -1.17. The molecule has 25 heavy (non-hydrogen) atoms. The highest BCUT2D eigenvalue weighted by atomic mass is 35.5. The van der Waals surface area contributed by atoms with Crippen molar-refractivity contribution in [2.75, 3.05) is 26.3 Å². The van der Waals surface area contributed by atoms with Crippen molar-refractivity contribution >= 4 is 18.3 Å². The molecule has 1 N–H and O–H groups in total. The van der Waals surface area contributed by atoms with E-state index >= 15 is 0 Å². The number of carbonyl (C=O) groups excluding carboxylic acids is 1. The molecule has 3 saturated heterocycles. The number of carbonyl (C=O) groups is 1. The Bertz CT molecular complexity index is 621. The normalized spacial score (nSPS) is 28.1. The van der Waals surface area contributed by atoms with Crippen molar-refractivity contribution in [1.82, 2.24) is 10.2 Å². The Morgan fingerprint density at radius 1 is 1.20 bits per heavy atom. The predicted molar refractivity (Wildman–Crippen MR) is 96.5 cm³/mol. The Morgan fingerprint density at radius 2 is 1.96 bits per heavy atom. The molecule has 3 heterocycles. The molecule has 0 spiro atoms. The second-order valence-corrected chi connectivity index (χ2v) is 7.38. The highest BCUT2D eigenvalue weighted by Gasteiger charge is 2.45. The minimum absolute atomic E-state index is 0. The summed E-state index contributed by atoms with van der Waals surface area (Å²) in [5.41, 5.74) is 0.169. The fourth-order valence-electron chi connectivity index (χ4n) is 4.56. The number of hydrogen-bond donors (Lipinski definition) is 1. The van der Waals surface area contributed by atoms with Crippen LogP contribution in [-0.4, -0.2) is 49.2 Å². The van der Waals surface area contributed by atoms with E-state index in [9.17, 15) is 9.18 Å². The standard InChI is InChI=1S/C19H25FN2O2.ClH/c20-15-3-1-2-14(12-15)19(7-10-24-11-8-19)18(23)22-9-6-16-4-5-17(13-22)21-16;/h1-3,12,16-17,21H,4-11,13H2;1H. The Balaban J connectivity index is 0.00000182. The van der Waals surface area contributed by atoms with E-state index in [1.54, 1.807) is 6.07 Å². The van der Waals surface area contributed by atoms with Crippen molar-refractivity contribution in [1.29, 1.82) is 0 Å². The minimum Gasteiger partial charge on any atom is -0.381 e. The summed E-state index contributed by atoms with van der Waals surface area (Å²) in [5.74, 6) is -0.117. The van der Waals surface area contributed by atoms with Crippen LogP contribution in [0.15, 0.2) is 24.3 Å². The van der Waals surface area contributed by atoms with Gasteiger partial charge in [0.15, 0.2) is 0 Å². The fourth-order valence-corrected chi connectivity index (χ4v) is 4.56. The molecule has 3 fully saturated rings. The molecule has 2 atom stereocenters. The SMILES string of the molecule is Cl.O=C(N1CCC2CCC(C1)N2)C1(c2cccc(F)c2)CCOCC1. The van der Waals surface area contributed by atoms with Crippen molar-refractivity contribution in [3.63, 3.8) is 0 Å². The van der Waals surface area contributed by atoms with Crippen LogP contribution >= 0.6 is 12.4 Å². The highest BCUT2D eigenvalue weighted by molar-refractivity contribution is 5.88. The van der Waals surface area contributed by atoms with E-state index in [-0.39, 0.29) is 24.1 Å². The molecule has 0 saturated carbocycles. The van der Waals surface area contributed by atoms with Gasteiger partial charge >= 0.3 is 0 Å². The van der Waals surface area contributed by atoms with Crippen LogP contribution in [0.5, 0.6) is 0 Å². The van der Waals surface area contributed by atoms with Gasteiger partial charge in [-0.3, -0.25) is 4.79 Å². The molecule has 2 bridgehead atoms. The van der Waals surface area contributed by atoms with Crippen molar-refractivity contribution < 1.29 is 13.9 Å². The monoisotopic (exact) mass is 368 g/mol. The first-order valence-corrected chi connectivity index (χ1v) is 9.07. The van der Waals surface area contributed by atoms with E-state index in [2.05, 4.69) is 5.32 Å². The number of hydrogen-bond acceptors (Lipinski definition) is 3. The zero-order chi connectivity index (χ0) is 16.6. The first-order chi connectivity index (χ1) is 11.7. The molecular weight excluding hydrogens is 343 g/mol. The third-order valence-corrected chi connectivity index (χ3v) is 5.94. The molecule has 138 valence electrons. The lowest BCUT2D eigenvalue weighted by atomic mass is 9.72. The molecule has 0 aliphatic carbocycles. The maximum atomic E-state index is 13.8. The van der Waals surface area contributed by atoms with Crippen molar-refractivity contribution in [2.24, 2.45) is 0 Å². The molecule has 0 aromatic heterocycles. The topological polar surface area (TPSA) is 41.6 Å². The van der Waals surface area contributed by atoms with Crippen molar-refractivity contribution in [3.05, 3.63) is 35.6 Å². The number of benzene rings is 1. The summed E-state index contributed by atoms with van der Waals surface area (Å²) in [6.45, 7) is 2.68. The predicted octanol–water partition coefficient (Wildman–Crippen LogP) is 2.65. The quantitative estimate of drug-likeness (QED) is 0.872. The molecule has 2 unspecified atom stereocenters. The number of fused-ring (bicyclic) bond motifs is 2. The van der Waals surface area contributed by atoms with Gasteiger partial charge in [-0.15, -0.1) is 12.4 Å². The van der Waals surface area contributed by atoms with E-state index in [0.29, 0.717) is 38.1 Å². The average molecular weight is 369 g/mol. The van der Waals surface area contributed by atoms with Crippen molar-refractivity contribution in [2.45, 2.75) is 49.6 Å². The van der Waals surface area contributed by atoms with Crippen LogP contribution < -0.4 is 5.32 Å². The lowest BCUT2D eigenvalue weighted by molar-refractivity contribution is -0.141. The summed E-state index contributed by atoms with van der Waals surface area (Å²) in [7, 11) is 0. The van der Waals surface area contributed by atoms with E-state index < -0.39 is 5.41 Å². The van der Waals surface area contributed by atoms with Gasteiger partial charge in [0.05, 0.1) is 5.41 Å². The number of likely N-dealkylation sites (tertiary alicyclic amines) is 1. The van der Waals surface area contributed by atoms with E-state index in [0.717, 1.165) is 31.5 Å². The number of halogens is 2. The summed E-state index contributed by atoms with van der Waals surface area (Å²) in [5, 5.41) is 3.62. The fraction of sp³-hybridized carbons (Fsp3) is 0.632. The molecule has 1 aromatic carbocycles. The molecule has 3 aliphatic rings. The third-order valence-electron chi connectivity index (χ3n) is 5.94. The van der Waals surface area contributed by atoms with Gasteiger partial charge in [0.1, 0.15) is 5.82 Å². The molecule has 4 rings (SSSR count). The maximum Gasteiger partial charge on any atom is 0.233 e. The highest BCUT2D eigenvalue weighted by Crippen LogP contribution is 2.38. The molecule has 4 nitrogen and oxygen atoms in total. The summed E-state index contributed by atoms with van der Waals surface area (Å²) < 4.78 is 19.3. The van der Waals surface area contributed by atoms with Gasteiger partial charge in [0.2, 0.25) is 5.91 Å². The van der Waals surface area contributed by atoms with Crippen LogP contribution in [0.3, 0.4) is 0 Å². The van der Waals surface area contributed by atoms with Crippen LogP contribution in [0.25, 0.3) is 0 Å². The summed E-state index contributed by atoms with van der Waals surface area (Å²) in [4.78, 5) is 15.6. The number of nitrogens with one attached hydrogen (secondary N) is 1. The summed E-state index contributed by atoms with van der Waals surface area (Å²) >= 11 is 0.